The van der Waals surface area contributed by atoms with E-state index in [4.69, 9.17) is 16.6 Å². The first-order valence-corrected chi connectivity index (χ1v) is 9.57. The van der Waals surface area contributed by atoms with E-state index in [9.17, 15) is 4.79 Å². The second-order valence-electron chi connectivity index (χ2n) is 6.77. The molecule has 0 saturated heterocycles. The lowest BCUT2D eigenvalue weighted by atomic mass is 10.1. The third-order valence-electron chi connectivity index (χ3n) is 4.84. The molecule has 0 aliphatic rings. The highest BCUT2D eigenvalue weighted by atomic mass is 35.5. The van der Waals surface area contributed by atoms with Crippen LogP contribution in [-0.4, -0.2) is 36.0 Å². The number of rotatable bonds is 5. The van der Waals surface area contributed by atoms with E-state index in [2.05, 4.69) is 34.7 Å². The molecule has 29 heavy (non-hydrogen) atoms. The van der Waals surface area contributed by atoms with Crippen molar-refractivity contribution in [1.29, 1.82) is 0 Å². The predicted molar refractivity (Wildman–Crippen MR) is 122 cm³/mol. The number of halogens is 2. The maximum Gasteiger partial charge on any atom is 0.269 e. The average molecular weight is 429 g/mol. The number of nitrogens with one attached hydrogen (secondary N) is 3. The number of H-pyrrole nitrogens is 1. The van der Waals surface area contributed by atoms with Gasteiger partial charge in [0.05, 0.1) is 11.2 Å². The molecule has 4 aromatic rings. The predicted octanol–water partition coefficient (Wildman–Crippen LogP) is 4.72. The van der Waals surface area contributed by atoms with Crippen LogP contribution in [0.3, 0.4) is 0 Å². The molecule has 4 rings (SSSR count). The summed E-state index contributed by atoms with van der Waals surface area (Å²) < 4.78 is 0. The van der Waals surface area contributed by atoms with Gasteiger partial charge in [0, 0.05) is 40.0 Å². The lowest BCUT2D eigenvalue weighted by Gasteiger charge is -2.08. The van der Waals surface area contributed by atoms with Gasteiger partial charge in [-0.25, -0.2) is 4.98 Å². The van der Waals surface area contributed by atoms with Gasteiger partial charge < -0.3 is 15.6 Å². The van der Waals surface area contributed by atoms with Gasteiger partial charge in [-0.15, -0.1) is 12.4 Å². The Labute approximate surface area is 180 Å². The normalized spacial score (nSPS) is 10.9. The summed E-state index contributed by atoms with van der Waals surface area (Å²) >= 11 is 6.06. The van der Waals surface area contributed by atoms with Crippen LogP contribution in [0.15, 0.2) is 48.5 Å². The second kappa shape index (κ2) is 8.82. The highest BCUT2D eigenvalue weighted by molar-refractivity contribution is 6.30. The molecule has 1 amide bonds. The number of benzene rings is 2. The fraction of sp³-hybridized carbons (Fsp3) is 0.182. The Balaban J connectivity index is 0.00000240. The summed E-state index contributed by atoms with van der Waals surface area (Å²) in [7, 11) is 1.85. The first-order chi connectivity index (χ1) is 13.6. The van der Waals surface area contributed by atoms with E-state index in [0.29, 0.717) is 23.8 Å². The third-order valence-corrected chi connectivity index (χ3v) is 5.10. The van der Waals surface area contributed by atoms with Crippen LogP contribution in [0.1, 0.15) is 16.1 Å². The maximum absolute atomic E-state index is 12.7. The molecular weight excluding hydrogens is 407 g/mol. The maximum atomic E-state index is 12.7. The van der Waals surface area contributed by atoms with E-state index in [-0.39, 0.29) is 18.3 Å². The zero-order valence-corrected chi connectivity index (χ0v) is 17.7. The number of hydrogen-bond donors (Lipinski definition) is 3. The number of likely N-dealkylation sites (N-methyl/N-ethyl adjacent to an activating group) is 1. The van der Waals surface area contributed by atoms with Crippen molar-refractivity contribution in [3.63, 3.8) is 0 Å². The number of hydrogen-bond acceptors (Lipinski definition) is 3. The van der Waals surface area contributed by atoms with Gasteiger partial charge in [-0.05, 0) is 37.7 Å². The molecule has 0 fully saturated rings. The number of pyridine rings is 1. The van der Waals surface area contributed by atoms with Crippen LogP contribution in [-0.2, 0) is 0 Å². The molecule has 2 aromatic heterocycles. The van der Waals surface area contributed by atoms with E-state index in [0.717, 1.165) is 38.6 Å². The van der Waals surface area contributed by atoms with Crippen LogP contribution >= 0.6 is 24.0 Å². The first kappa shape index (κ1) is 21.1. The minimum absolute atomic E-state index is 0. The molecule has 7 heteroatoms. The van der Waals surface area contributed by atoms with Crippen molar-refractivity contribution in [2.75, 3.05) is 20.1 Å². The van der Waals surface area contributed by atoms with Crippen molar-refractivity contribution in [3.05, 3.63) is 64.8 Å². The molecule has 0 spiro atoms. The summed E-state index contributed by atoms with van der Waals surface area (Å²) in [6.07, 6.45) is 0. The zero-order valence-electron chi connectivity index (χ0n) is 16.2. The second-order valence-corrected chi connectivity index (χ2v) is 7.20. The van der Waals surface area contributed by atoms with E-state index < -0.39 is 0 Å². The molecule has 5 nitrogen and oxygen atoms in total. The minimum Gasteiger partial charge on any atom is -0.353 e. The quantitative estimate of drug-likeness (QED) is 0.402. The zero-order chi connectivity index (χ0) is 19.7. The Hall–Kier alpha value is -2.60. The SMILES string of the molecule is CNCCNC(=O)c1cc2c([nH]c3c(C)cccc32)c(-c2ccc(Cl)cc2)n1.Cl. The number of fused-ring (bicyclic) bond motifs is 3. The van der Waals surface area contributed by atoms with E-state index >= 15 is 0 Å². The van der Waals surface area contributed by atoms with Gasteiger partial charge in [-0.2, -0.15) is 0 Å². The number of aromatic nitrogens is 2. The van der Waals surface area contributed by atoms with Crippen LogP contribution in [0.4, 0.5) is 0 Å². The number of amides is 1. The monoisotopic (exact) mass is 428 g/mol. The van der Waals surface area contributed by atoms with Crippen molar-refractivity contribution in [2.45, 2.75) is 6.92 Å². The van der Waals surface area contributed by atoms with Gasteiger partial charge in [0.1, 0.15) is 5.69 Å². The molecular formula is C22H22Cl2N4O. The van der Waals surface area contributed by atoms with E-state index in [1.807, 2.05) is 43.4 Å². The fourth-order valence-electron chi connectivity index (χ4n) is 3.39. The molecule has 0 saturated carbocycles. The summed E-state index contributed by atoms with van der Waals surface area (Å²) in [4.78, 5) is 20.9. The van der Waals surface area contributed by atoms with E-state index in [1.54, 1.807) is 0 Å². The van der Waals surface area contributed by atoms with E-state index in [1.165, 1.54) is 0 Å². The molecule has 0 radical (unpaired) electrons. The van der Waals surface area contributed by atoms with Crippen LogP contribution < -0.4 is 10.6 Å². The van der Waals surface area contributed by atoms with Crippen molar-refractivity contribution in [3.8, 4) is 11.3 Å². The molecule has 2 heterocycles. The smallest absolute Gasteiger partial charge is 0.269 e. The standard InChI is InChI=1S/C22H21ClN4O.ClH/c1-13-4-3-5-16-17-12-18(22(28)25-11-10-24-2)26-20(21(17)27-19(13)16)14-6-8-15(23)9-7-14;/h3-9,12,24,27H,10-11H2,1-2H3,(H,25,28);1H. The average Bonchev–Trinajstić information content (AvgIpc) is 3.08. The largest absolute Gasteiger partial charge is 0.353 e. The van der Waals surface area contributed by atoms with Gasteiger partial charge >= 0.3 is 0 Å². The number of carbonyl (C=O) groups excluding carboxylic acids is 1. The summed E-state index contributed by atoms with van der Waals surface area (Å²) in [5, 5.41) is 8.65. The fourth-order valence-corrected chi connectivity index (χ4v) is 3.52. The van der Waals surface area contributed by atoms with Crippen molar-refractivity contribution in [1.82, 2.24) is 20.6 Å². The third kappa shape index (κ3) is 4.08. The molecule has 3 N–H and O–H groups in total. The number of carbonyl (C=O) groups is 1. The number of nitrogens with zero attached hydrogens (tertiary/aromatic N) is 1. The summed E-state index contributed by atoms with van der Waals surface area (Å²) in [5.41, 5.74) is 5.17. The topological polar surface area (TPSA) is 69.8 Å². The Morgan fingerprint density at radius 2 is 1.83 bits per heavy atom. The first-order valence-electron chi connectivity index (χ1n) is 9.19. The number of aromatic amines is 1. The number of aryl methyl sites for hydroxylation is 1. The highest BCUT2D eigenvalue weighted by Gasteiger charge is 2.17. The Morgan fingerprint density at radius 3 is 2.55 bits per heavy atom. The van der Waals surface area contributed by atoms with Crippen LogP contribution in [0, 0.1) is 6.92 Å². The van der Waals surface area contributed by atoms with Gasteiger partial charge in [-0.3, -0.25) is 4.79 Å². The van der Waals surface area contributed by atoms with Crippen molar-refractivity contribution < 1.29 is 4.79 Å². The molecule has 0 unspecified atom stereocenters. The van der Waals surface area contributed by atoms with Gasteiger partial charge in [-0.1, -0.05) is 41.9 Å². The van der Waals surface area contributed by atoms with Gasteiger partial charge in [0.25, 0.3) is 5.91 Å². The summed E-state index contributed by atoms with van der Waals surface area (Å²) in [6, 6.07) is 15.5. The lowest BCUT2D eigenvalue weighted by Crippen LogP contribution is -2.31. The van der Waals surface area contributed by atoms with Crippen molar-refractivity contribution in [2.24, 2.45) is 0 Å². The minimum atomic E-state index is -0.186. The Bertz CT molecular complexity index is 1170. The summed E-state index contributed by atoms with van der Waals surface area (Å²) in [6.45, 7) is 3.31. The molecule has 0 atom stereocenters. The molecule has 150 valence electrons. The molecule has 2 aromatic carbocycles. The number of para-hydroxylation sites is 1. The van der Waals surface area contributed by atoms with Crippen LogP contribution in [0.2, 0.25) is 5.02 Å². The Kier molecular flexibility index (Phi) is 6.42. The summed E-state index contributed by atoms with van der Waals surface area (Å²) in [5.74, 6) is -0.186. The lowest BCUT2D eigenvalue weighted by molar-refractivity contribution is 0.0949. The van der Waals surface area contributed by atoms with Crippen LogP contribution in [0.5, 0.6) is 0 Å². The molecule has 0 bridgehead atoms. The van der Waals surface area contributed by atoms with Crippen LogP contribution in [0.25, 0.3) is 33.1 Å². The Morgan fingerprint density at radius 1 is 1.07 bits per heavy atom. The highest BCUT2D eigenvalue weighted by Crippen LogP contribution is 2.34. The van der Waals surface area contributed by atoms with Crippen molar-refractivity contribution >= 4 is 51.7 Å². The van der Waals surface area contributed by atoms with Gasteiger partial charge in [0.2, 0.25) is 0 Å². The molecule has 0 aliphatic heterocycles. The van der Waals surface area contributed by atoms with Gasteiger partial charge in [0.15, 0.2) is 0 Å². The molecule has 0 aliphatic carbocycles.